The van der Waals surface area contributed by atoms with Gasteiger partial charge in [0.25, 0.3) is 0 Å². The van der Waals surface area contributed by atoms with Crippen molar-refractivity contribution in [3.63, 3.8) is 0 Å². The molecule has 2 nitrogen and oxygen atoms in total. The molecule has 0 amide bonds. The van der Waals surface area contributed by atoms with Crippen LogP contribution in [-0.2, 0) is 0 Å². The number of nitrogens with one attached hydrogen (secondary N) is 2. The summed E-state index contributed by atoms with van der Waals surface area (Å²) in [6.45, 7) is 4.41. The summed E-state index contributed by atoms with van der Waals surface area (Å²) in [5.41, 5.74) is 1.36. The monoisotopic (exact) mass is 196 g/mol. The highest BCUT2D eigenvalue weighted by Gasteiger charge is 2.13. The molecule has 2 rings (SSSR count). The summed E-state index contributed by atoms with van der Waals surface area (Å²) in [4.78, 5) is 0. The quantitative estimate of drug-likeness (QED) is 0.774. The summed E-state index contributed by atoms with van der Waals surface area (Å²) in [5, 5.41) is 10.4. The van der Waals surface area contributed by atoms with Crippen molar-refractivity contribution < 1.29 is 0 Å². The lowest BCUT2D eigenvalue weighted by atomic mass is 10.2. The number of aryl methyl sites for hydroxylation is 1. The van der Waals surface area contributed by atoms with Crippen LogP contribution in [0.5, 0.6) is 0 Å². The first-order valence-corrected chi connectivity index (χ1v) is 5.75. The average Bonchev–Trinajstić information content (AvgIpc) is 2.72. The Kier molecular flexibility index (Phi) is 2.86. The number of thiophene rings is 1. The first-order valence-electron chi connectivity index (χ1n) is 4.87. The van der Waals surface area contributed by atoms with E-state index in [1.165, 1.54) is 30.0 Å². The summed E-state index contributed by atoms with van der Waals surface area (Å²) in [6, 6.07) is 2.84. The Hall–Kier alpha value is -0.540. The first kappa shape index (κ1) is 9.03. The van der Waals surface area contributed by atoms with Gasteiger partial charge in [-0.15, -0.1) is 11.3 Å². The molecule has 0 aromatic carbocycles. The van der Waals surface area contributed by atoms with Gasteiger partial charge in [-0.2, -0.15) is 0 Å². The number of hydrogen-bond acceptors (Lipinski definition) is 3. The molecule has 1 aliphatic heterocycles. The molecule has 0 radical (unpaired) electrons. The Morgan fingerprint density at radius 2 is 2.62 bits per heavy atom. The second-order valence-corrected chi connectivity index (χ2v) is 4.52. The Labute approximate surface area is 83.4 Å². The van der Waals surface area contributed by atoms with Gasteiger partial charge in [-0.3, -0.25) is 0 Å². The molecule has 1 aromatic rings. The van der Waals surface area contributed by atoms with Gasteiger partial charge in [0.05, 0.1) is 5.00 Å². The van der Waals surface area contributed by atoms with E-state index in [-0.39, 0.29) is 0 Å². The summed E-state index contributed by atoms with van der Waals surface area (Å²) in [6.07, 6.45) is 2.65. The average molecular weight is 196 g/mol. The number of hydrogen-bond donors (Lipinski definition) is 2. The second kappa shape index (κ2) is 4.11. The molecule has 13 heavy (non-hydrogen) atoms. The maximum absolute atomic E-state index is 3.49. The fraction of sp³-hybridized carbons (Fsp3) is 0.600. The van der Waals surface area contributed by atoms with Crippen molar-refractivity contribution in [2.24, 2.45) is 0 Å². The SMILES string of the molecule is Cc1ccsc1NCC1CCCN1. The highest BCUT2D eigenvalue weighted by atomic mass is 32.1. The van der Waals surface area contributed by atoms with Crippen LogP contribution in [-0.4, -0.2) is 19.1 Å². The zero-order chi connectivity index (χ0) is 9.10. The Bertz CT molecular complexity index is 264. The zero-order valence-corrected chi connectivity index (χ0v) is 8.79. The molecule has 1 fully saturated rings. The van der Waals surface area contributed by atoms with E-state index in [1.807, 2.05) is 0 Å². The molecule has 0 spiro atoms. The van der Waals surface area contributed by atoms with Gasteiger partial charge in [-0.1, -0.05) is 0 Å². The minimum Gasteiger partial charge on any atom is -0.375 e. The van der Waals surface area contributed by atoms with E-state index in [2.05, 4.69) is 29.0 Å². The standard InChI is InChI=1S/C10H16N2S/c1-8-4-6-13-10(8)12-7-9-3-2-5-11-9/h4,6,9,11-12H,2-3,5,7H2,1H3. The van der Waals surface area contributed by atoms with E-state index >= 15 is 0 Å². The molecule has 2 N–H and O–H groups in total. The molecule has 1 saturated heterocycles. The molecule has 72 valence electrons. The molecule has 1 aromatic heterocycles. The van der Waals surface area contributed by atoms with Crippen LogP contribution in [0.25, 0.3) is 0 Å². The van der Waals surface area contributed by atoms with Gasteiger partial charge in [0.15, 0.2) is 0 Å². The normalized spacial score (nSPS) is 22.1. The molecule has 2 heterocycles. The van der Waals surface area contributed by atoms with E-state index in [1.54, 1.807) is 11.3 Å². The van der Waals surface area contributed by atoms with Crippen LogP contribution in [0.3, 0.4) is 0 Å². The molecule has 1 atom stereocenters. The maximum Gasteiger partial charge on any atom is 0.0912 e. The van der Waals surface area contributed by atoms with Gasteiger partial charge in [0, 0.05) is 12.6 Å². The van der Waals surface area contributed by atoms with E-state index in [0.29, 0.717) is 6.04 Å². The van der Waals surface area contributed by atoms with Crippen molar-refractivity contribution in [1.29, 1.82) is 0 Å². The molecular weight excluding hydrogens is 180 g/mol. The third-order valence-electron chi connectivity index (χ3n) is 2.53. The fourth-order valence-electron chi connectivity index (χ4n) is 1.70. The Balaban J connectivity index is 1.82. The lowest BCUT2D eigenvalue weighted by Crippen LogP contribution is -2.29. The van der Waals surface area contributed by atoms with Gasteiger partial charge in [-0.25, -0.2) is 0 Å². The van der Waals surface area contributed by atoms with E-state index in [0.717, 1.165) is 6.54 Å². The molecule has 1 aliphatic rings. The summed E-state index contributed by atoms with van der Waals surface area (Å²) in [7, 11) is 0. The molecule has 0 aliphatic carbocycles. The van der Waals surface area contributed by atoms with Gasteiger partial charge < -0.3 is 10.6 Å². The largest absolute Gasteiger partial charge is 0.375 e. The number of rotatable bonds is 3. The predicted octanol–water partition coefficient (Wildman–Crippen LogP) is 2.22. The van der Waals surface area contributed by atoms with Crippen molar-refractivity contribution in [2.45, 2.75) is 25.8 Å². The molecule has 1 unspecified atom stereocenters. The van der Waals surface area contributed by atoms with Crippen molar-refractivity contribution in [3.8, 4) is 0 Å². The molecule has 0 saturated carbocycles. The van der Waals surface area contributed by atoms with Crippen LogP contribution in [0.15, 0.2) is 11.4 Å². The Morgan fingerprint density at radius 3 is 3.23 bits per heavy atom. The van der Waals surface area contributed by atoms with Gasteiger partial charge in [0.1, 0.15) is 0 Å². The van der Waals surface area contributed by atoms with Crippen LogP contribution >= 0.6 is 11.3 Å². The van der Waals surface area contributed by atoms with Gasteiger partial charge in [-0.05, 0) is 43.3 Å². The minimum absolute atomic E-state index is 0.682. The summed E-state index contributed by atoms with van der Waals surface area (Å²) < 4.78 is 0. The lowest BCUT2D eigenvalue weighted by Gasteiger charge is -2.11. The van der Waals surface area contributed by atoms with Crippen molar-refractivity contribution in [2.75, 3.05) is 18.4 Å². The van der Waals surface area contributed by atoms with Gasteiger partial charge >= 0.3 is 0 Å². The van der Waals surface area contributed by atoms with Crippen LogP contribution < -0.4 is 10.6 Å². The molecule has 3 heteroatoms. The lowest BCUT2D eigenvalue weighted by molar-refractivity contribution is 0.634. The van der Waals surface area contributed by atoms with E-state index in [9.17, 15) is 0 Å². The van der Waals surface area contributed by atoms with Crippen molar-refractivity contribution >= 4 is 16.3 Å². The highest BCUT2D eigenvalue weighted by molar-refractivity contribution is 7.14. The van der Waals surface area contributed by atoms with Crippen LogP contribution in [0.4, 0.5) is 5.00 Å². The van der Waals surface area contributed by atoms with Crippen molar-refractivity contribution in [1.82, 2.24) is 5.32 Å². The minimum atomic E-state index is 0.682. The summed E-state index contributed by atoms with van der Waals surface area (Å²) in [5.74, 6) is 0. The second-order valence-electron chi connectivity index (χ2n) is 3.61. The third kappa shape index (κ3) is 2.23. The van der Waals surface area contributed by atoms with Gasteiger partial charge in [0.2, 0.25) is 0 Å². The van der Waals surface area contributed by atoms with Crippen LogP contribution in [0.2, 0.25) is 0 Å². The third-order valence-corrected chi connectivity index (χ3v) is 3.51. The van der Waals surface area contributed by atoms with Crippen LogP contribution in [0, 0.1) is 6.92 Å². The highest BCUT2D eigenvalue weighted by Crippen LogP contribution is 2.22. The Morgan fingerprint density at radius 1 is 1.69 bits per heavy atom. The van der Waals surface area contributed by atoms with Crippen molar-refractivity contribution in [3.05, 3.63) is 17.0 Å². The first-order chi connectivity index (χ1) is 6.36. The fourth-order valence-corrected chi connectivity index (χ4v) is 2.53. The van der Waals surface area contributed by atoms with E-state index < -0.39 is 0 Å². The maximum atomic E-state index is 3.49. The molecular formula is C10H16N2S. The summed E-state index contributed by atoms with van der Waals surface area (Å²) >= 11 is 1.79. The topological polar surface area (TPSA) is 24.1 Å². The smallest absolute Gasteiger partial charge is 0.0912 e. The molecule has 0 bridgehead atoms. The van der Waals surface area contributed by atoms with E-state index in [4.69, 9.17) is 0 Å². The zero-order valence-electron chi connectivity index (χ0n) is 7.97. The predicted molar refractivity (Wildman–Crippen MR) is 58.6 cm³/mol. The number of anilines is 1. The van der Waals surface area contributed by atoms with Crippen LogP contribution in [0.1, 0.15) is 18.4 Å².